The molecule has 1 fully saturated rings. The predicted molar refractivity (Wildman–Crippen MR) is 74.7 cm³/mol. The maximum atomic E-state index is 11.7. The number of carbonyl (C=O) groups is 1. The van der Waals surface area contributed by atoms with E-state index in [0.29, 0.717) is 0 Å². The molecule has 7 nitrogen and oxygen atoms in total. The van der Waals surface area contributed by atoms with E-state index in [1.165, 1.54) is 0 Å². The van der Waals surface area contributed by atoms with Crippen molar-refractivity contribution < 1.29 is 17.9 Å². The van der Waals surface area contributed by atoms with Crippen LogP contribution >= 0.6 is 12.2 Å². The van der Waals surface area contributed by atoms with Crippen LogP contribution in [0.15, 0.2) is 0 Å². The van der Waals surface area contributed by atoms with E-state index in [-0.39, 0.29) is 10.9 Å². The van der Waals surface area contributed by atoms with E-state index in [9.17, 15) is 13.2 Å². The maximum absolute atomic E-state index is 11.7. The lowest BCUT2D eigenvalue weighted by molar-refractivity contribution is 0.177. The zero-order chi connectivity index (χ0) is 14.5. The van der Waals surface area contributed by atoms with Crippen molar-refractivity contribution >= 4 is 33.5 Å². The summed E-state index contributed by atoms with van der Waals surface area (Å²) < 4.78 is 31.7. The molecule has 1 atom stereocenters. The van der Waals surface area contributed by atoms with E-state index in [1.807, 2.05) is 0 Å². The largest absolute Gasteiger partial charge is 0.452 e. The van der Waals surface area contributed by atoms with Crippen LogP contribution < -0.4 is 15.2 Å². The van der Waals surface area contributed by atoms with E-state index in [2.05, 4.69) is 9.46 Å². The average Bonchev–Trinajstić information content (AvgIpc) is 2.36. The van der Waals surface area contributed by atoms with Gasteiger partial charge >= 0.3 is 16.3 Å². The molecule has 9 heteroatoms. The average molecular weight is 309 g/mol. The highest BCUT2D eigenvalue weighted by Crippen LogP contribution is 2.26. The predicted octanol–water partition coefficient (Wildman–Crippen LogP) is 0.412. The van der Waals surface area contributed by atoms with Crippen molar-refractivity contribution in [3.05, 3.63) is 0 Å². The summed E-state index contributed by atoms with van der Waals surface area (Å²) in [7, 11) is -2.95. The van der Waals surface area contributed by atoms with Crippen molar-refractivity contribution in [2.75, 3.05) is 7.11 Å². The molecular weight excluding hydrogens is 290 g/mol. The summed E-state index contributed by atoms with van der Waals surface area (Å²) in [5, 5.41) is 0. The highest BCUT2D eigenvalue weighted by atomic mass is 32.2. The SMILES string of the molecule is COC(=O)NS(=O)(=O)NC(C(N)=S)C1CCCCC1. The van der Waals surface area contributed by atoms with E-state index in [0.717, 1.165) is 39.2 Å². The molecule has 0 aliphatic heterocycles. The third-order valence-electron chi connectivity index (χ3n) is 3.11. The molecule has 1 aliphatic rings. The Morgan fingerprint density at radius 1 is 1.37 bits per heavy atom. The first-order valence-corrected chi connectivity index (χ1v) is 7.92. The Hall–Kier alpha value is -0.930. The van der Waals surface area contributed by atoms with Gasteiger partial charge in [-0.2, -0.15) is 13.1 Å². The van der Waals surface area contributed by atoms with Gasteiger partial charge in [0.2, 0.25) is 0 Å². The quantitative estimate of drug-likeness (QED) is 0.634. The van der Waals surface area contributed by atoms with Gasteiger partial charge in [0, 0.05) is 0 Å². The van der Waals surface area contributed by atoms with Crippen molar-refractivity contribution in [2.24, 2.45) is 11.7 Å². The van der Waals surface area contributed by atoms with Gasteiger partial charge in [0.1, 0.15) is 0 Å². The fourth-order valence-corrected chi connectivity index (χ4v) is 3.54. The molecule has 4 N–H and O–H groups in total. The highest BCUT2D eigenvalue weighted by molar-refractivity contribution is 7.88. The van der Waals surface area contributed by atoms with Gasteiger partial charge in [-0.05, 0) is 18.8 Å². The third kappa shape index (κ3) is 5.29. The first-order chi connectivity index (χ1) is 8.85. The Labute approximate surface area is 118 Å². The lowest BCUT2D eigenvalue weighted by atomic mass is 9.84. The molecule has 0 radical (unpaired) electrons. The summed E-state index contributed by atoms with van der Waals surface area (Å²) >= 11 is 4.91. The smallest absolute Gasteiger partial charge is 0.421 e. The summed E-state index contributed by atoms with van der Waals surface area (Å²) in [5.74, 6) is 0.0699. The minimum absolute atomic E-state index is 0.0699. The molecule has 110 valence electrons. The second kappa shape index (κ2) is 7.01. The van der Waals surface area contributed by atoms with Gasteiger partial charge in [-0.3, -0.25) is 0 Å². The number of nitrogens with two attached hydrogens (primary N) is 1. The van der Waals surface area contributed by atoms with Crippen molar-refractivity contribution in [1.82, 2.24) is 9.44 Å². The third-order valence-corrected chi connectivity index (χ3v) is 4.37. The van der Waals surface area contributed by atoms with Gasteiger partial charge < -0.3 is 10.5 Å². The monoisotopic (exact) mass is 309 g/mol. The van der Waals surface area contributed by atoms with Crippen LogP contribution in [0.5, 0.6) is 0 Å². The summed E-state index contributed by atoms with van der Waals surface area (Å²) in [6, 6.07) is -0.641. The zero-order valence-corrected chi connectivity index (χ0v) is 12.4. The molecule has 0 spiro atoms. The Kier molecular flexibility index (Phi) is 5.95. The number of hydrogen-bond acceptors (Lipinski definition) is 5. The molecule has 1 amide bonds. The second-order valence-corrected chi connectivity index (χ2v) is 6.41. The van der Waals surface area contributed by atoms with E-state index in [1.54, 1.807) is 4.72 Å². The number of amides is 1. The van der Waals surface area contributed by atoms with Gasteiger partial charge in [-0.15, -0.1) is 0 Å². The fourth-order valence-electron chi connectivity index (χ4n) is 2.20. The maximum Gasteiger partial charge on any atom is 0.421 e. The van der Waals surface area contributed by atoms with Crippen LogP contribution in [0.4, 0.5) is 4.79 Å². The molecule has 0 aromatic heterocycles. The molecule has 0 aromatic rings. The zero-order valence-electron chi connectivity index (χ0n) is 10.7. The van der Waals surface area contributed by atoms with Gasteiger partial charge in [-0.1, -0.05) is 31.5 Å². The molecule has 1 aliphatic carbocycles. The number of rotatable bonds is 5. The molecule has 0 heterocycles. The number of nitrogens with one attached hydrogen (secondary N) is 2. The Balaban J connectivity index is 2.72. The van der Waals surface area contributed by atoms with Crippen molar-refractivity contribution in [3.8, 4) is 0 Å². The second-order valence-electron chi connectivity index (χ2n) is 4.49. The molecule has 1 saturated carbocycles. The molecular formula is C10H19N3O4S2. The number of ether oxygens (including phenoxy) is 1. The molecule has 19 heavy (non-hydrogen) atoms. The summed E-state index contributed by atoms with van der Waals surface area (Å²) in [6.45, 7) is 0. The van der Waals surface area contributed by atoms with Crippen LogP contribution in [0.1, 0.15) is 32.1 Å². The molecule has 0 saturated heterocycles. The van der Waals surface area contributed by atoms with Gasteiger partial charge in [-0.25, -0.2) is 9.52 Å². The van der Waals surface area contributed by atoms with Crippen molar-refractivity contribution in [3.63, 3.8) is 0 Å². The van der Waals surface area contributed by atoms with Crippen LogP contribution in [-0.4, -0.2) is 32.7 Å². The number of hydrogen-bond donors (Lipinski definition) is 3. The number of carbonyl (C=O) groups excluding carboxylic acids is 1. The fraction of sp³-hybridized carbons (Fsp3) is 0.800. The van der Waals surface area contributed by atoms with Crippen molar-refractivity contribution in [2.45, 2.75) is 38.1 Å². The molecule has 1 rings (SSSR count). The topological polar surface area (TPSA) is 111 Å². The summed E-state index contributed by atoms with van der Waals surface area (Å²) in [4.78, 5) is 11.0. The van der Waals surface area contributed by atoms with Crippen molar-refractivity contribution in [1.29, 1.82) is 0 Å². The van der Waals surface area contributed by atoms with Crippen LogP contribution in [0.25, 0.3) is 0 Å². The van der Waals surface area contributed by atoms with Gasteiger partial charge in [0.05, 0.1) is 18.1 Å². The normalized spacial score (nSPS) is 18.6. The van der Waals surface area contributed by atoms with Crippen LogP contribution in [-0.2, 0) is 14.9 Å². The molecule has 0 aromatic carbocycles. The molecule has 1 unspecified atom stereocenters. The first kappa shape index (κ1) is 16.1. The standard InChI is InChI=1S/C10H19N3O4S2/c1-17-10(14)13-19(15,16)12-8(9(11)18)7-5-3-2-4-6-7/h7-8,12H,2-6H2,1H3,(H2,11,18)(H,13,14). The highest BCUT2D eigenvalue weighted by Gasteiger charge is 2.30. The van der Waals surface area contributed by atoms with Gasteiger partial charge in [0.15, 0.2) is 0 Å². The minimum atomic E-state index is -4.03. The van der Waals surface area contributed by atoms with Crippen LogP contribution in [0.2, 0.25) is 0 Å². The number of thiocarbonyl (C=S) groups is 1. The molecule has 0 bridgehead atoms. The number of methoxy groups -OCH3 is 1. The first-order valence-electron chi connectivity index (χ1n) is 6.03. The minimum Gasteiger partial charge on any atom is -0.452 e. The Bertz CT molecular complexity index is 432. The van der Waals surface area contributed by atoms with Gasteiger partial charge in [0.25, 0.3) is 0 Å². The summed E-state index contributed by atoms with van der Waals surface area (Å²) in [5.41, 5.74) is 5.60. The van der Waals surface area contributed by atoms with E-state index < -0.39 is 22.3 Å². The Morgan fingerprint density at radius 3 is 2.42 bits per heavy atom. The Morgan fingerprint density at radius 2 is 1.95 bits per heavy atom. The van der Waals surface area contributed by atoms with Crippen LogP contribution in [0, 0.1) is 5.92 Å². The van der Waals surface area contributed by atoms with E-state index >= 15 is 0 Å². The van der Waals surface area contributed by atoms with E-state index in [4.69, 9.17) is 18.0 Å². The lowest BCUT2D eigenvalue weighted by Crippen LogP contribution is -2.53. The summed E-state index contributed by atoms with van der Waals surface area (Å²) in [6.07, 6.45) is 3.85. The lowest BCUT2D eigenvalue weighted by Gasteiger charge is -2.29. The van der Waals surface area contributed by atoms with Crippen LogP contribution in [0.3, 0.4) is 0 Å².